The van der Waals surface area contributed by atoms with Gasteiger partial charge in [-0.2, -0.15) is 0 Å². The van der Waals surface area contributed by atoms with Crippen molar-refractivity contribution in [3.63, 3.8) is 0 Å². The van der Waals surface area contributed by atoms with Crippen molar-refractivity contribution >= 4 is 21.8 Å². The van der Waals surface area contributed by atoms with Gasteiger partial charge in [0.1, 0.15) is 5.75 Å². The van der Waals surface area contributed by atoms with Crippen LogP contribution in [0, 0.1) is 0 Å². The van der Waals surface area contributed by atoms with Crippen LogP contribution in [0.3, 0.4) is 0 Å². The van der Waals surface area contributed by atoms with E-state index in [2.05, 4.69) is 15.9 Å². The molecule has 1 heterocycles. The molecule has 1 N–H and O–H groups in total. The van der Waals surface area contributed by atoms with E-state index in [9.17, 15) is 4.79 Å². The third-order valence-electron chi connectivity index (χ3n) is 3.06. The Kier molecular flexibility index (Phi) is 5.39. The lowest BCUT2D eigenvalue weighted by atomic mass is 10.2. The second-order valence-electron chi connectivity index (χ2n) is 4.79. The first-order valence-electron chi connectivity index (χ1n) is 6.51. The molecule has 0 bridgehead atoms. The molecular formula is C14H18BrNO4. The molecule has 2 rings (SSSR count). The Hall–Kier alpha value is -1.11. The van der Waals surface area contributed by atoms with Crippen LogP contribution in [-0.4, -0.2) is 54.4 Å². The topological polar surface area (TPSA) is 59.0 Å². The number of halogens is 1. The van der Waals surface area contributed by atoms with Crippen LogP contribution in [-0.2, 0) is 9.53 Å². The van der Waals surface area contributed by atoms with Gasteiger partial charge in [-0.25, -0.2) is 0 Å². The fourth-order valence-electron chi connectivity index (χ4n) is 2.12. The minimum absolute atomic E-state index is 0.00744. The predicted molar refractivity (Wildman–Crippen MR) is 77.6 cm³/mol. The Balaban J connectivity index is 1.86. The maximum absolute atomic E-state index is 12.1. The van der Waals surface area contributed by atoms with Gasteiger partial charge in [0.15, 0.2) is 6.61 Å². The van der Waals surface area contributed by atoms with E-state index < -0.39 is 0 Å². The Labute approximate surface area is 126 Å². The van der Waals surface area contributed by atoms with Crippen LogP contribution in [0.2, 0.25) is 0 Å². The molecule has 0 saturated carbocycles. The number of benzene rings is 1. The standard InChI is InChI=1S/C14H18BrNO4/c1-10-6-16(7-13(8-17)20-10)14(18)9-19-12-4-2-11(15)3-5-12/h2-5,10,13,17H,6-9H2,1H3. The van der Waals surface area contributed by atoms with Crippen molar-refractivity contribution in [3.05, 3.63) is 28.7 Å². The van der Waals surface area contributed by atoms with Crippen molar-refractivity contribution in [2.24, 2.45) is 0 Å². The first-order chi connectivity index (χ1) is 9.58. The lowest BCUT2D eigenvalue weighted by Crippen LogP contribution is -2.51. The summed E-state index contributed by atoms with van der Waals surface area (Å²) in [7, 11) is 0. The summed E-state index contributed by atoms with van der Waals surface area (Å²) in [5, 5.41) is 9.14. The summed E-state index contributed by atoms with van der Waals surface area (Å²) in [4.78, 5) is 13.8. The van der Waals surface area contributed by atoms with Crippen molar-refractivity contribution < 1.29 is 19.4 Å². The van der Waals surface area contributed by atoms with Crippen LogP contribution in [0.5, 0.6) is 5.75 Å². The number of carbonyl (C=O) groups is 1. The van der Waals surface area contributed by atoms with E-state index in [0.717, 1.165) is 4.47 Å². The molecule has 0 aliphatic carbocycles. The maximum Gasteiger partial charge on any atom is 0.260 e. The highest BCUT2D eigenvalue weighted by Crippen LogP contribution is 2.16. The molecule has 1 amide bonds. The average molecular weight is 344 g/mol. The van der Waals surface area contributed by atoms with Crippen LogP contribution in [0.4, 0.5) is 0 Å². The van der Waals surface area contributed by atoms with Crippen molar-refractivity contribution in [2.45, 2.75) is 19.1 Å². The molecule has 6 heteroatoms. The summed E-state index contributed by atoms with van der Waals surface area (Å²) < 4.78 is 11.9. The maximum atomic E-state index is 12.1. The largest absolute Gasteiger partial charge is 0.484 e. The summed E-state index contributed by atoms with van der Waals surface area (Å²) >= 11 is 3.34. The van der Waals surface area contributed by atoms with Gasteiger partial charge in [-0.3, -0.25) is 4.79 Å². The smallest absolute Gasteiger partial charge is 0.260 e. The van der Waals surface area contributed by atoms with Crippen molar-refractivity contribution in [1.82, 2.24) is 4.90 Å². The fraction of sp³-hybridized carbons (Fsp3) is 0.500. The van der Waals surface area contributed by atoms with Crippen LogP contribution < -0.4 is 4.74 Å². The second-order valence-corrected chi connectivity index (χ2v) is 5.71. The number of aliphatic hydroxyl groups is 1. The van der Waals surface area contributed by atoms with E-state index >= 15 is 0 Å². The Bertz CT molecular complexity index is 451. The number of morpholine rings is 1. The minimum Gasteiger partial charge on any atom is -0.484 e. The van der Waals surface area contributed by atoms with Crippen LogP contribution >= 0.6 is 15.9 Å². The molecule has 0 spiro atoms. The predicted octanol–water partition coefficient (Wildman–Crippen LogP) is 1.44. The van der Waals surface area contributed by atoms with Gasteiger partial charge in [0.05, 0.1) is 18.8 Å². The van der Waals surface area contributed by atoms with E-state index in [-0.39, 0.29) is 31.3 Å². The molecule has 1 fully saturated rings. The third-order valence-corrected chi connectivity index (χ3v) is 3.59. The molecule has 1 aliphatic rings. The summed E-state index contributed by atoms with van der Waals surface area (Å²) in [6.45, 7) is 2.73. The van der Waals surface area contributed by atoms with Crippen molar-refractivity contribution in [2.75, 3.05) is 26.3 Å². The molecule has 1 aromatic rings. The molecule has 5 nitrogen and oxygen atoms in total. The summed E-state index contributed by atoms with van der Waals surface area (Å²) in [5.74, 6) is 0.558. The Morgan fingerprint density at radius 2 is 2.15 bits per heavy atom. The lowest BCUT2D eigenvalue weighted by Gasteiger charge is -2.36. The minimum atomic E-state index is -0.310. The molecular weight excluding hydrogens is 326 g/mol. The van der Waals surface area contributed by atoms with Crippen LogP contribution in [0.1, 0.15) is 6.92 Å². The monoisotopic (exact) mass is 343 g/mol. The van der Waals surface area contributed by atoms with Gasteiger partial charge >= 0.3 is 0 Å². The zero-order valence-corrected chi connectivity index (χ0v) is 12.9. The van der Waals surface area contributed by atoms with Crippen LogP contribution in [0.15, 0.2) is 28.7 Å². The summed E-state index contributed by atoms with van der Waals surface area (Å²) in [6, 6.07) is 7.32. The molecule has 0 aromatic heterocycles. The lowest BCUT2D eigenvalue weighted by molar-refractivity contribution is -0.149. The van der Waals surface area contributed by atoms with E-state index in [1.807, 2.05) is 19.1 Å². The second kappa shape index (κ2) is 7.06. The van der Waals surface area contributed by atoms with Crippen LogP contribution in [0.25, 0.3) is 0 Å². The number of rotatable bonds is 4. The van der Waals surface area contributed by atoms with E-state index in [1.165, 1.54) is 0 Å². The van der Waals surface area contributed by atoms with Gasteiger partial charge in [0.25, 0.3) is 5.91 Å². The number of hydrogen-bond donors (Lipinski definition) is 1. The van der Waals surface area contributed by atoms with Gasteiger partial charge in [-0.1, -0.05) is 15.9 Å². The number of nitrogens with zero attached hydrogens (tertiary/aromatic N) is 1. The first-order valence-corrected chi connectivity index (χ1v) is 7.30. The average Bonchev–Trinajstić information content (AvgIpc) is 2.45. The molecule has 110 valence electrons. The van der Waals surface area contributed by atoms with Crippen molar-refractivity contribution in [1.29, 1.82) is 0 Å². The SMILES string of the molecule is CC1CN(C(=O)COc2ccc(Br)cc2)CC(CO)O1. The highest BCUT2D eigenvalue weighted by atomic mass is 79.9. The fourth-order valence-corrected chi connectivity index (χ4v) is 2.38. The Morgan fingerprint density at radius 1 is 1.45 bits per heavy atom. The van der Waals surface area contributed by atoms with Gasteiger partial charge in [0, 0.05) is 17.6 Å². The van der Waals surface area contributed by atoms with Gasteiger partial charge in [-0.15, -0.1) is 0 Å². The third kappa shape index (κ3) is 4.19. The van der Waals surface area contributed by atoms with E-state index in [1.54, 1.807) is 17.0 Å². The zero-order chi connectivity index (χ0) is 14.5. The number of ether oxygens (including phenoxy) is 2. The summed E-state index contributed by atoms with van der Waals surface area (Å²) in [6.07, 6.45) is -0.382. The number of hydrogen-bond acceptors (Lipinski definition) is 4. The highest BCUT2D eigenvalue weighted by Gasteiger charge is 2.27. The normalized spacial score (nSPS) is 22.6. The van der Waals surface area contributed by atoms with Gasteiger partial charge in [-0.05, 0) is 31.2 Å². The Morgan fingerprint density at radius 3 is 2.80 bits per heavy atom. The molecule has 0 radical (unpaired) electrons. The van der Waals surface area contributed by atoms with Gasteiger partial charge < -0.3 is 19.5 Å². The van der Waals surface area contributed by atoms with E-state index in [0.29, 0.717) is 18.8 Å². The molecule has 2 unspecified atom stereocenters. The number of aliphatic hydroxyl groups excluding tert-OH is 1. The summed E-state index contributed by atoms with van der Waals surface area (Å²) in [5.41, 5.74) is 0. The molecule has 20 heavy (non-hydrogen) atoms. The number of carbonyl (C=O) groups excluding carboxylic acids is 1. The van der Waals surface area contributed by atoms with Gasteiger partial charge in [0.2, 0.25) is 0 Å². The zero-order valence-electron chi connectivity index (χ0n) is 11.3. The molecule has 1 saturated heterocycles. The number of amides is 1. The molecule has 1 aliphatic heterocycles. The quantitative estimate of drug-likeness (QED) is 0.898. The van der Waals surface area contributed by atoms with E-state index in [4.69, 9.17) is 14.6 Å². The molecule has 2 atom stereocenters. The van der Waals surface area contributed by atoms with Crippen molar-refractivity contribution in [3.8, 4) is 5.75 Å². The molecule has 1 aromatic carbocycles. The highest BCUT2D eigenvalue weighted by molar-refractivity contribution is 9.10. The first kappa shape index (κ1) is 15.3.